The third kappa shape index (κ3) is 5.84. The third-order valence-electron chi connectivity index (χ3n) is 6.53. The Labute approximate surface area is 203 Å². The minimum atomic E-state index is 0.110. The molecule has 1 saturated heterocycles. The van der Waals surface area contributed by atoms with Crippen LogP contribution in [0, 0.1) is 11.8 Å². The maximum Gasteiger partial charge on any atom is 0.253 e. The van der Waals surface area contributed by atoms with Gasteiger partial charge in [-0.25, -0.2) is 0 Å². The van der Waals surface area contributed by atoms with Crippen LogP contribution in [0.4, 0.5) is 0 Å². The molecule has 1 aliphatic rings. The quantitative estimate of drug-likeness (QED) is 0.448. The smallest absolute Gasteiger partial charge is 0.253 e. The van der Waals surface area contributed by atoms with Gasteiger partial charge in [-0.15, -0.1) is 0 Å². The Hall–Kier alpha value is -3.18. The standard InChI is InChI=1S/C29H35N3O2/c1-22(2)17-32(29(33)24-11-5-4-6-12-24)20-25-19-31(18-23-10-9-15-30-16-23)21-27(25)26-13-7-8-14-28(26)34-3/h4-16,22,25,27H,17-21H2,1-3H3. The van der Waals surface area contributed by atoms with Gasteiger partial charge >= 0.3 is 0 Å². The summed E-state index contributed by atoms with van der Waals surface area (Å²) in [6.07, 6.45) is 3.75. The molecule has 2 atom stereocenters. The normalized spacial score (nSPS) is 18.2. The molecule has 1 aliphatic heterocycles. The highest BCUT2D eigenvalue weighted by molar-refractivity contribution is 5.94. The van der Waals surface area contributed by atoms with E-state index in [2.05, 4.69) is 46.8 Å². The first-order chi connectivity index (χ1) is 16.5. The third-order valence-corrected chi connectivity index (χ3v) is 6.53. The molecule has 2 aromatic carbocycles. The number of nitrogens with zero attached hydrogens (tertiary/aromatic N) is 3. The molecule has 1 fully saturated rings. The van der Waals surface area contributed by atoms with Gasteiger partial charge in [0.05, 0.1) is 7.11 Å². The number of methoxy groups -OCH3 is 1. The Kier molecular flexibility index (Phi) is 7.96. The molecule has 2 unspecified atom stereocenters. The molecule has 2 heterocycles. The summed E-state index contributed by atoms with van der Waals surface area (Å²) in [4.78, 5) is 22.3. The lowest BCUT2D eigenvalue weighted by Crippen LogP contribution is -2.39. The van der Waals surface area contributed by atoms with Gasteiger partial charge in [-0.1, -0.05) is 56.3 Å². The number of likely N-dealkylation sites (tertiary alicyclic amines) is 1. The average molecular weight is 458 g/mol. The minimum absolute atomic E-state index is 0.110. The van der Waals surface area contributed by atoms with Crippen LogP contribution in [0.5, 0.6) is 5.75 Å². The summed E-state index contributed by atoms with van der Waals surface area (Å²) in [5.41, 5.74) is 3.18. The first-order valence-electron chi connectivity index (χ1n) is 12.1. The second kappa shape index (κ2) is 11.3. The van der Waals surface area contributed by atoms with Crippen molar-refractivity contribution in [1.82, 2.24) is 14.8 Å². The van der Waals surface area contributed by atoms with Gasteiger partial charge in [-0.2, -0.15) is 0 Å². The van der Waals surface area contributed by atoms with Gasteiger partial charge < -0.3 is 9.64 Å². The molecule has 3 aromatic rings. The fourth-order valence-electron chi connectivity index (χ4n) is 5.08. The summed E-state index contributed by atoms with van der Waals surface area (Å²) in [5.74, 6) is 2.01. The largest absolute Gasteiger partial charge is 0.496 e. The summed E-state index contributed by atoms with van der Waals surface area (Å²) in [7, 11) is 1.74. The maximum atomic E-state index is 13.5. The van der Waals surface area contributed by atoms with Crippen molar-refractivity contribution in [3.05, 3.63) is 95.8 Å². The summed E-state index contributed by atoms with van der Waals surface area (Å²) in [6.45, 7) is 8.51. The lowest BCUT2D eigenvalue weighted by Gasteiger charge is -2.30. The van der Waals surface area contributed by atoms with E-state index in [1.165, 1.54) is 11.1 Å². The molecule has 4 rings (SSSR count). The van der Waals surface area contributed by atoms with Crippen LogP contribution in [0.25, 0.3) is 0 Å². The van der Waals surface area contributed by atoms with Crippen molar-refractivity contribution in [1.29, 1.82) is 0 Å². The summed E-state index contributed by atoms with van der Waals surface area (Å²) in [6, 6.07) is 22.1. The highest BCUT2D eigenvalue weighted by atomic mass is 16.5. The number of benzene rings is 2. The van der Waals surface area contributed by atoms with Gasteiger partial charge in [0.2, 0.25) is 0 Å². The van der Waals surface area contributed by atoms with Crippen LogP contribution in [-0.2, 0) is 6.54 Å². The number of para-hydroxylation sites is 1. The molecule has 0 N–H and O–H groups in total. The van der Waals surface area contributed by atoms with Gasteiger partial charge in [0.1, 0.15) is 5.75 Å². The van der Waals surface area contributed by atoms with Gasteiger partial charge in [-0.05, 0) is 47.2 Å². The number of carbonyl (C=O) groups is 1. The highest BCUT2D eigenvalue weighted by Gasteiger charge is 2.37. The number of aromatic nitrogens is 1. The molecule has 0 saturated carbocycles. The van der Waals surface area contributed by atoms with E-state index in [0.717, 1.165) is 44.0 Å². The first-order valence-corrected chi connectivity index (χ1v) is 12.1. The Balaban J connectivity index is 1.61. The van der Waals surface area contributed by atoms with Crippen molar-refractivity contribution in [2.45, 2.75) is 26.3 Å². The van der Waals surface area contributed by atoms with Crippen molar-refractivity contribution in [2.75, 3.05) is 33.3 Å². The molecular formula is C29H35N3O2. The number of amides is 1. The van der Waals surface area contributed by atoms with Gasteiger partial charge in [-0.3, -0.25) is 14.7 Å². The molecule has 5 heteroatoms. The average Bonchev–Trinajstić information content (AvgIpc) is 3.25. The second-order valence-electron chi connectivity index (χ2n) is 9.63. The van der Waals surface area contributed by atoms with Crippen LogP contribution in [-0.4, -0.2) is 54.0 Å². The molecule has 0 spiro atoms. The van der Waals surface area contributed by atoms with Gasteiger partial charge in [0.15, 0.2) is 0 Å². The SMILES string of the molecule is COc1ccccc1C1CN(Cc2cccnc2)CC1CN(CC(C)C)C(=O)c1ccccc1. The Morgan fingerprint density at radius 2 is 1.82 bits per heavy atom. The van der Waals surface area contributed by atoms with Crippen molar-refractivity contribution in [3.63, 3.8) is 0 Å². The predicted octanol–water partition coefficient (Wildman–Crippen LogP) is 5.10. The number of ether oxygens (including phenoxy) is 1. The number of rotatable bonds is 9. The number of hydrogen-bond acceptors (Lipinski definition) is 4. The fraction of sp³-hybridized carbons (Fsp3) is 0.379. The van der Waals surface area contributed by atoms with E-state index < -0.39 is 0 Å². The van der Waals surface area contributed by atoms with E-state index in [4.69, 9.17) is 4.74 Å². The maximum absolute atomic E-state index is 13.5. The molecule has 1 aromatic heterocycles. The van der Waals surface area contributed by atoms with E-state index in [1.807, 2.05) is 60.9 Å². The van der Waals surface area contributed by atoms with E-state index in [-0.39, 0.29) is 11.8 Å². The molecule has 0 bridgehead atoms. The van der Waals surface area contributed by atoms with Gasteiger partial charge in [0, 0.05) is 56.6 Å². The zero-order valence-electron chi connectivity index (χ0n) is 20.4. The summed E-state index contributed by atoms with van der Waals surface area (Å²) >= 11 is 0. The van der Waals surface area contributed by atoms with Gasteiger partial charge in [0.25, 0.3) is 5.91 Å². The highest BCUT2D eigenvalue weighted by Crippen LogP contribution is 2.38. The van der Waals surface area contributed by atoms with E-state index >= 15 is 0 Å². The fourth-order valence-corrected chi connectivity index (χ4v) is 5.08. The second-order valence-corrected chi connectivity index (χ2v) is 9.63. The minimum Gasteiger partial charge on any atom is -0.496 e. The van der Waals surface area contributed by atoms with E-state index in [1.54, 1.807) is 7.11 Å². The van der Waals surface area contributed by atoms with Crippen LogP contribution in [0.15, 0.2) is 79.1 Å². The molecular weight excluding hydrogens is 422 g/mol. The van der Waals surface area contributed by atoms with Crippen LogP contribution in [0.1, 0.15) is 41.3 Å². The zero-order chi connectivity index (χ0) is 23.9. The molecule has 178 valence electrons. The monoisotopic (exact) mass is 457 g/mol. The van der Waals surface area contributed by atoms with Crippen LogP contribution >= 0.6 is 0 Å². The lowest BCUT2D eigenvalue weighted by atomic mass is 9.87. The van der Waals surface area contributed by atoms with E-state index in [9.17, 15) is 4.79 Å². The van der Waals surface area contributed by atoms with Crippen molar-refractivity contribution in [2.24, 2.45) is 11.8 Å². The number of hydrogen-bond donors (Lipinski definition) is 0. The molecule has 5 nitrogen and oxygen atoms in total. The van der Waals surface area contributed by atoms with E-state index in [0.29, 0.717) is 11.8 Å². The predicted molar refractivity (Wildman–Crippen MR) is 136 cm³/mol. The van der Waals surface area contributed by atoms with Crippen molar-refractivity contribution >= 4 is 5.91 Å². The van der Waals surface area contributed by atoms with Crippen LogP contribution in [0.2, 0.25) is 0 Å². The zero-order valence-corrected chi connectivity index (χ0v) is 20.4. The van der Waals surface area contributed by atoms with Crippen molar-refractivity contribution < 1.29 is 9.53 Å². The molecule has 1 amide bonds. The Morgan fingerprint density at radius 1 is 1.06 bits per heavy atom. The topological polar surface area (TPSA) is 45.7 Å². The molecule has 34 heavy (non-hydrogen) atoms. The Morgan fingerprint density at radius 3 is 2.53 bits per heavy atom. The number of carbonyl (C=O) groups excluding carboxylic acids is 1. The van der Waals surface area contributed by atoms with Crippen LogP contribution in [0.3, 0.4) is 0 Å². The molecule has 0 radical (unpaired) electrons. The van der Waals surface area contributed by atoms with Crippen LogP contribution < -0.4 is 4.74 Å². The Bertz CT molecular complexity index is 1060. The summed E-state index contributed by atoms with van der Waals surface area (Å²) < 4.78 is 5.74. The summed E-state index contributed by atoms with van der Waals surface area (Å²) in [5, 5.41) is 0. The lowest BCUT2D eigenvalue weighted by molar-refractivity contribution is 0.0703. The number of pyridine rings is 1. The van der Waals surface area contributed by atoms with Crippen molar-refractivity contribution in [3.8, 4) is 5.75 Å². The first kappa shape index (κ1) is 24.0. The molecule has 0 aliphatic carbocycles.